The molecule has 6 nitrogen and oxygen atoms in total. The number of hydrogen-bond acceptors (Lipinski definition) is 6. The Kier molecular flexibility index (Phi) is 9.25. The van der Waals surface area contributed by atoms with Gasteiger partial charge in [0.25, 0.3) is 0 Å². The standard InChI is InChI=1S/2C20H30BNO2/c2*1-14(2)22-12-11-18(3,4)16-13-15(9-10-17(16)22)21-23-19(5,6)20(7,8)24-21/h2*9-14H,1-8H3. The van der Waals surface area contributed by atoms with Crippen molar-refractivity contribution >= 4 is 36.5 Å². The van der Waals surface area contributed by atoms with E-state index in [1.165, 1.54) is 22.5 Å². The molecule has 2 aromatic rings. The van der Waals surface area contributed by atoms with Gasteiger partial charge in [-0.2, -0.15) is 0 Å². The van der Waals surface area contributed by atoms with Gasteiger partial charge in [0.2, 0.25) is 0 Å². The molecule has 0 atom stereocenters. The first-order valence-electron chi connectivity index (χ1n) is 17.8. The molecule has 0 unspecified atom stereocenters. The van der Waals surface area contributed by atoms with Gasteiger partial charge in [0, 0.05) is 46.7 Å². The molecule has 6 rings (SSSR count). The lowest BCUT2D eigenvalue weighted by molar-refractivity contribution is 0.00578. The Morgan fingerprint density at radius 3 is 1.04 bits per heavy atom. The van der Waals surface area contributed by atoms with E-state index in [0.717, 1.165) is 10.9 Å². The Labute approximate surface area is 292 Å². The zero-order valence-electron chi connectivity index (χ0n) is 32.6. The molecule has 0 radical (unpaired) electrons. The second kappa shape index (κ2) is 12.1. The first-order valence-corrected chi connectivity index (χ1v) is 17.8. The van der Waals surface area contributed by atoms with Crippen molar-refractivity contribution in [3.05, 3.63) is 72.1 Å². The Balaban J connectivity index is 0.000000188. The summed E-state index contributed by atoms with van der Waals surface area (Å²) in [6, 6.07) is 14.1. The lowest BCUT2D eigenvalue weighted by atomic mass is 9.73. The van der Waals surface area contributed by atoms with E-state index in [2.05, 4.69) is 182 Å². The largest absolute Gasteiger partial charge is 0.494 e. The Morgan fingerprint density at radius 1 is 0.479 bits per heavy atom. The van der Waals surface area contributed by atoms with Gasteiger partial charge in [-0.25, -0.2) is 0 Å². The highest BCUT2D eigenvalue weighted by atomic mass is 16.7. The number of fused-ring (bicyclic) bond motifs is 2. The first-order chi connectivity index (χ1) is 21.9. The fraction of sp³-hybridized carbons (Fsp3) is 0.600. The maximum atomic E-state index is 6.23. The minimum absolute atomic E-state index is 0.000370. The molecular formula is C40H60B2N2O4. The maximum absolute atomic E-state index is 6.23. The van der Waals surface area contributed by atoms with Crippen LogP contribution in [0.4, 0.5) is 11.4 Å². The number of nitrogens with zero attached hydrogens (tertiary/aromatic N) is 2. The summed E-state index contributed by atoms with van der Waals surface area (Å²) in [7, 11) is -0.621. The molecule has 0 N–H and O–H groups in total. The SMILES string of the molecule is CC(C)N1C=CC(C)(C)c2cc(B3OC(C)(C)C(C)(C)O3)ccc21.CC(C)N1C=CC(C)(C)c2cc(B3OC(C)(C)C(C)(C)O3)ccc21. The molecule has 2 aromatic carbocycles. The summed E-state index contributed by atoms with van der Waals surface area (Å²) >= 11 is 0. The highest BCUT2D eigenvalue weighted by molar-refractivity contribution is 6.62. The topological polar surface area (TPSA) is 43.4 Å². The van der Waals surface area contributed by atoms with Crippen molar-refractivity contribution in [2.24, 2.45) is 0 Å². The lowest BCUT2D eigenvalue weighted by Crippen LogP contribution is -2.41. The quantitative estimate of drug-likeness (QED) is 0.312. The minimum Gasteiger partial charge on any atom is -0.399 e. The predicted molar refractivity (Wildman–Crippen MR) is 204 cm³/mol. The van der Waals surface area contributed by atoms with Crippen molar-refractivity contribution in [3.8, 4) is 0 Å². The monoisotopic (exact) mass is 654 g/mol. The molecule has 4 aliphatic rings. The lowest BCUT2D eigenvalue weighted by Gasteiger charge is -2.37. The van der Waals surface area contributed by atoms with Crippen molar-refractivity contribution < 1.29 is 18.6 Å². The maximum Gasteiger partial charge on any atom is 0.494 e. The molecule has 260 valence electrons. The number of rotatable bonds is 4. The molecule has 0 saturated carbocycles. The third-order valence-electron chi connectivity index (χ3n) is 11.5. The van der Waals surface area contributed by atoms with Crippen LogP contribution in [0.25, 0.3) is 0 Å². The third kappa shape index (κ3) is 6.55. The van der Waals surface area contributed by atoms with Gasteiger partial charge >= 0.3 is 14.2 Å². The summed E-state index contributed by atoms with van der Waals surface area (Å²) in [6.07, 6.45) is 8.98. The van der Waals surface area contributed by atoms with Crippen LogP contribution in [0.5, 0.6) is 0 Å². The summed E-state index contributed by atoms with van der Waals surface area (Å²) in [4.78, 5) is 4.66. The average molecular weight is 655 g/mol. The molecule has 2 fully saturated rings. The second-order valence-corrected chi connectivity index (χ2v) is 17.8. The van der Waals surface area contributed by atoms with E-state index in [4.69, 9.17) is 18.6 Å². The van der Waals surface area contributed by atoms with Crippen LogP contribution in [0.3, 0.4) is 0 Å². The van der Waals surface area contributed by atoms with Gasteiger partial charge in [-0.1, -0.05) is 64.1 Å². The van der Waals surface area contributed by atoms with Crippen LogP contribution >= 0.6 is 0 Å². The van der Waals surface area contributed by atoms with Gasteiger partial charge in [-0.3, -0.25) is 0 Å². The summed E-state index contributed by atoms with van der Waals surface area (Å²) in [5, 5.41) is 0. The van der Waals surface area contributed by atoms with Crippen LogP contribution in [0.2, 0.25) is 0 Å². The van der Waals surface area contributed by atoms with E-state index in [-0.39, 0.29) is 47.5 Å². The normalized spacial score (nSPS) is 23.7. The number of hydrogen-bond donors (Lipinski definition) is 0. The van der Waals surface area contributed by atoms with Gasteiger partial charge < -0.3 is 28.4 Å². The summed E-state index contributed by atoms with van der Waals surface area (Å²) in [5.74, 6) is 0. The fourth-order valence-corrected chi connectivity index (χ4v) is 6.62. The van der Waals surface area contributed by atoms with Gasteiger partial charge in [-0.15, -0.1) is 0 Å². The molecule has 48 heavy (non-hydrogen) atoms. The molecule has 0 spiro atoms. The van der Waals surface area contributed by atoms with Gasteiger partial charge in [0.05, 0.1) is 22.4 Å². The Hall–Kier alpha value is -2.51. The van der Waals surface area contributed by atoms with Crippen LogP contribution in [0, 0.1) is 0 Å². The third-order valence-corrected chi connectivity index (χ3v) is 11.5. The number of anilines is 2. The molecule has 4 aliphatic heterocycles. The molecule has 8 heteroatoms. The van der Waals surface area contributed by atoms with Crippen molar-refractivity contribution in [3.63, 3.8) is 0 Å². The van der Waals surface area contributed by atoms with Crippen molar-refractivity contribution in [1.82, 2.24) is 0 Å². The highest BCUT2D eigenvalue weighted by Gasteiger charge is 2.53. The molecule has 0 bridgehead atoms. The Bertz CT molecular complexity index is 1440. The van der Waals surface area contributed by atoms with E-state index >= 15 is 0 Å². The molecular weight excluding hydrogens is 594 g/mol. The zero-order chi connectivity index (χ0) is 35.8. The van der Waals surface area contributed by atoms with Gasteiger partial charge in [-0.05, 0) is 117 Å². The van der Waals surface area contributed by atoms with Crippen LogP contribution in [-0.4, -0.2) is 48.7 Å². The van der Waals surface area contributed by atoms with Crippen molar-refractivity contribution in [2.45, 2.75) is 156 Å². The van der Waals surface area contributed by atoms with E-state index in [1.807, 2.05) is 0 Å². The summed E-state index contributed by atoms with van der Waals surface area (Å²) in [5.41, 5.74) is 6.15. The molecule has 2 saturated heterocycles. The average Bonchev–Trinajstić information content (AvgIpc) is 3.32. The Morgan fingerprint density at radius 2 is 0.771 bits per heavy atom. The van der Waals surface area contributed by atoms with Crippen LogP contribution in [0.15, 0.2) is 61.0 Å². The van der Waals surface area contributed by atoms with Crippen LogP contribution in [0.1, 0.15) is 122 Å². The fourth-order valence-electron chi connectivity index (χ4n) is 6.62. The molecule has 0 aliphatic carbocycles. The predicted octanol–water partition coefficient (Wildman–Crippen LogP) is 8.01. The van der Waals surface area contributed by atoms with E-state index in [9.17, 15) is 0 Å². The molecule has 4 heterocycles. The van der Waals surface area contributed by atoms with Gasteiger partial charge in [0.1, 0.15) is 0 Å². The summed E-state index contributed by atoms with van der Waals surface area (Å²) in [6.45, 7) is 34.7. The van der Waals surface area contributed by atoms with Crippen molar-refractivity contribution in [2.75, 3.05) is 9.80 Å². The zero-order valence-corrected chi connectivity index (χ0v) is 32.6. The van der Waals surface area contributed by atoms with E-state index in [0.29, 0.717) is 12.1 Å². The summed E-state index contributed by atoms with van der Waals surface area (Å²) < 4.78 is 24.9. The number of allylic oxidation sites excluding steroid dienone is 2. The number of benzene rings is 2. The van der Waals surface area contributed by atoms with Crippen LogP contribution < -0.4 is 20.7 Å². The second-order valence-electron chi connectivity index (χ2n) is 17.8. The van der Waals surface area contributed by atoms with Crippen molar-refractivity contribution in [1.29, 1.82) is 0 Å². The van der Waals surface area contributed by atoms with E-state index < -0.39 is 0 Å². The minimum atomic E-state index is -0.313. The van der Waals surface area contributed by atoms with Gasteiger partial charge in [0.15, 0.2) is 0 Å². The smallest absolute Gasteiger partial charge is 0.399 e. The first kappa shape index (κ1) is 36.8. The molecule has 0 amide bonds. The highest BCUT2D eigenvalue weighted by Crippen LogP contribution is 2.42. The van der Waals surface area contributed by atoms with Crippen LogP contribution in [-0.2, 0) is 29.4 Å². The van der Waals surface area contributed by atoms with E-state index in [1.54, 1.807) is 0 Å². The molecule has 0 aromatic heterocycles.